The molecule has 0 amide bonds. The first-order valence-corrected chi connectivity index (χ1v) is 7.13. The summed E-state index contributed by atoms with van der Waals surface area (Å²) in [5.41, 5.74) is 2.71. The standard InChI is InChI=1S/C13H23N7/c1-2-3-5-17-13(18-14)20-10-8-19(9-11-20)12-15-6-4-7-16-12/h4,6-7H,2-3,5,8-11,14H2,1H3,(H,17,18). The van der Waals surface area contributed by atoms with Crippen LogP contribution in [-0.2, 0) is 0 Å². The van der Waals surface area contributed by atoms with Crippen LogP contribution in [0.15, 0.2) is 23.5 Å². The molecule has 1 aromatic rings. The molecule has 1 aliphatic heterocycles. The molecule has 7 heteroatoms. The average molecular weight is 277 g/mol. The molecule has 2 heterocycles. The number of nitrogens with zero attached hydrogens (tertiary/aromatic N) is 5. The second-order valence-corrected chi connectivity index (χ2v) is 4.73. The van der Waals surface area contributed by atoms with E-state index in [1.807, 2.05) is 6.07 Å². The lowest BCUT2D eigenvalue weighted by molar-refractivity contribution is 0.370. The van der Waals surface area contributed by atoms with Crippen molar-refractivity contribution in [3.63, 3.8) is 0 Å². The predicted molar refractivity (Wildman–Crippen MR) is 80.4 cm³/mol. The third-order valence-corrected chi connectivity index (χ3v) is 3.32. The SMILES string of the molecule is CCCCN=C(NN)N1CCN(c2ncccn2)CC1. The van der Waals surface area contributed by atoms with Crippen LogP contribution in [0.2, 0.25) is 0 Å². The Labute approximate surface area is 119 Å². The quantitative estimate of drug-likeness (QED) is 0.269. The van der Waals surface area contributed by atoms with Gasteiger partial charge in [-0.05, 0) is 12.5 Å². The van der Waals surface area contributed by atoms with Gasteiger partial charge in [0.2, 0.25) is 11.9 Å². The molecule has 1 aliphatic rings. The van der Waals surface area contributed by atoms with Crippen molar-refractivity contribution in [1.82, 2.24) is 20.3 Å². The number of nitrogens with two attached hydrogens (primary N) is 1. The lowest BCUT2D eigenvalue weighted by Gasteiger charge is -2.36. The number of anilines is 1. The molecule has 0 radical (unpaired) electrons. The predicted octanol–water partition coefficient (Wildman–Crippen LogP) is 0.218. The van der Waals surface area contributed by atoms with E-state index < -0.39 is 0 Å². The van der Waals surface area contributed by atoms with Gasteiger partial charge >= 0.3 is 0 Å². The van der Waals surface area contributed by atoms with Crippen LogP contribution in [0.25, 0.3) is 0 Å². The van der Waals surface area contributed by atoms with Crippen molar-refractivity contribution in [2.45, 2.75) is 19.8 Å². The zero-order valence-electron chi connectivity index (χ0n) is 12.0. The van der Waals surface area contributed by atoms with Gasteiger partial charge in [-0.1, -0.05) is 13.3 Å². The molecule has 1 aromatic heterocycles. The Morgan fingerprint density at radius 2 is 2.00 bits per heavy atom. The maximum Gasteiger partial charge on any atom is 0.225 e. The number of guanidine groups is 1. The van der Waals surface area contributed by atoms with Crippen LogP contribution in [-0.4, -0.2) is 53.6 Å². The highest BCUT2D eigenvalue weighted by Crippen LogP contribution is 2.09. The zero-order chi connectivity index (χ0) is 14.2. The Balaban J connectivity index is 1.88. The number of hydrogen-bond acceptors (Lipinski definition) is 5. The zero-order valence-corrected chi connectivity index (χ0v) is 12.0. The third-order valence-electron chi connectivity index (χ3n) is 3.32. The largest absolute Gasteiger partial charge is 0.338 e. The van der Waals surface area contributed by atoms with Gasteiger partial charge in [-0.2, -0.15) is 0 Å². The van der Waals surface area contributed by atoms with E-state index in [0.29, 0.717) is 0 Å². The van der Waals surface area contributed by atoms with E-state index in [0.717, 1.165) is 57.5 Å². The molecule has 3 N–H and O–H groups in total. The average Bonchev–Trinajstić information content (AvgIpc) is 2.53. The van der Waals surface area contributed by atoms with Gasteiger partial charge in [-0.25, -0.2) is 15.8 Å². The highest BCUT2D eigenvalue weighted by atomic mass is 15.4. The van der Waals surface area contributed by atoms with Gasteiger partial charge < -0.3 is 9.80 Å². The van der Waals surface area contributed by atoms with Gasteiger partial charge in [0.25, 0.3) is 0 Å². The molecular weight excluding hydrogens is 254 g/mol. The highest BCUT2D eigenvalue weighted by molar-refractivity contribution is 5.79. The fraction of sp³-hybridized carbons (Fsp3) is 0.615. The van der Waals surface area contributed by atoms with Gasteiger partial charge in [0.15, 0.2) is 0 Å². The molecule has 0 atom stereocenters. The summed E-state index contributed by atoms with van der Waals surface area (Å²) in [6.07, 6.45) is 5.77. The topological polar surface area (TPSA) is 82.7 Å². The number of piperazine rings is 1. The van der Waals surface area contributed by atoms with Crippen molar-refractivity contribution in [2.75, 3.05) is 37.6 Å². The van der Waals surface area contributed by atoms with Crippen LogP contribution in [0.4, 0.5) is 5.95 Å². The minimum absolute atomic E-state index is 0.784. The van der Waals surface area contributed by atoms with Gasteiger partial charge in [0.05, 0.1) is 0 Å². The number of aliphatic imine (C=N–C) groups is 1. The Kier molecular flexibility index (Phi) is 5.55. The lowest BCUT2D eigenvalue weighted by Crippen LogP contribution is -2.54. The van der Waals surface area contributed by atoms with E-state index in [9.17, 15) is 0 Å². The molecule has 0 spiro atoms. The normalized spacial score (nSPS) is 16.4. The molecule has 1 fully saturated rings. The van der Waals surface area contributed by atoms with E-state index >= 15 is 0 Å². The van der Waals surface area contributed by atoms with Crippen molar-refractivity contribution in [2.24, 2.45) is 10.8 Å². The van der Waals surface area contributed by atoms with Crippen LogP contribution in [0.1, 0.15) is 19.8 Å². The molecule has 0 aromatic carbocycles. The van der Waals surface area contributed by atoms with E-state index in [4.69, 9.17) is 5.84 Å². The fourth-order valence-corrected chi connectivity index (χ4v) is 2.15. The van der Waals surface area contributed by atoms with Crippen LogP contribution < -0.4 is 16.2 Å². The number of aromatic nitrogens is 2. The molecule has 0 saturated carbocycles. The van der Waals surface area contributed by atoms with Crippen molar-refractivity contribution in [3.05, 3.63) is 18.5 Å². The first-order chi connectivity index (χ1) is 9.85. The molecule has 7 nitrogen and oxygen atoms in total. The molecule has 110 valence electrons. The molecule has 20 heavy (non-hydrogen) atoms. The summed E-state index contributed by atoms with van der Waals surface area (Å²) in [7, 11) is 0. The van der Waals surface area contributed by atoms with Crippen molar-refractivity contribution >= 4 is 11.9 Å². The first-order valence-electron chi connectivity index (χ1n) is 7.13. The molecule has 0 aliphatic carbocycles. The smallest absolute Gasteiger partial charge is 0.225 e. The maximum atomic E-state index is 5.57. The summed E-state index contributed by atoms with van der Waals surface area (Å²) in [4.78, 5) is 17.4. The van der Waals surface area contributed by atoms with Crippen molar-refractivity contribution in [1.29, 1.82) is 0 Å². The first kappa shape index (κ1) is 14.5. The number of hydrazine groups is 1. The second kappa shape index (κ2) is 7.64. The summed E-state index contributed by atoms with van der Waals surface area (Å²) in [5.74, 6) is 7.14. The van der Waals surface area contributed by atoms with Crippen LogP contribution in [0.5, 0.6) is 0 Å². The summed E-state index contributed by atoms with van der Waals surface area (Å²) < 4.78 is 0. The van der Waals surface area contributed by atoms with Gasteiger partial charge in [0, 0.05) is 45.1 Å². The summed E-state index contributed by atoms with van der Waals surface area (Å²) in [6, 6.07) is 1.83. The summed E-state index contributed by atoms with van der Waals surface area (Å²) >= 11 is 0. The fourth-order valence-electron chi connectivity index (χ4n) is 2.15. The Morgan fingerprint density at radius 1 is 1.30 bits per heavy atom. The number of nitrogens with one attached hydrogen (secondary N) is 1. The highest BCUT2D eigenvalue weighted by Gasteiger charge is 2.20. The van der Waals surface area contributed by atoms with E-state index in [-0.39, 0.29) is 0 Å². The van der Waals surface area contributed by atoms with Crippen LogP contribution in [0, 0.1) is 0 Å². The van der Waals surface area contributed by atoms with Crippen molar-refractivity contribution < 1.29 is 0 Å². The third kappa shape index (κ3) is 3.80. The van der Waals surface area contributed by atoms with Crippen molar-refractivity contribution in [3.8, 4) is 0 Å². The van der Waals surface area contributed by atoms with E-state index in [1.54, 1.807) is 12.4 Å². The van der Waals surface area contributed by atoms with Gasteiger partial charge in [0.1, 0.15) is 0 Å². The van der Waals surface area contributed by atoms with Crippen LogP contribution in [0.3, 0.4) is 0 Å². The van der Waals surface area contributed by atoms with Gasteiger partial charge in [-0.15, -0.1) is 0 Å². The minimum atomic E-state index is 0.784. The summed E-state index contributed by atoms with van der Waals surface area (Å²) in [5, 5.41) is 0. The monoisotopic (exact) mass is 277 g/mol. The maximum absolute atomic E-state index is 5.57. The molecule has 2 rings (SSSR count). The molecule has 0 unspecified atom stereocenters. The Hall–Kier alpha value is -1.89. The molecule has 0 bridgehead atoms. The second-order valence-electron chi connectivity index (χ2n) is 4.73. The lowest BCUT2D eigenvalue weighted by atomic mass is 10.3. The number of rotatable bonds is 4. The molecular formula is C13H23N7. The number of hydrogen-bond donors (Lipinski definition) is 2. The Bertz CT molecular complexity index is 412. The van der Waals surface area contributed by atoms with Crippen LogP contribution >= 0.6 is 0 Å². The summed E-state index contributed by atoms with van der Waals surface area (Å²) in [6.45, 7) is 6.46. The van der Waals surface area contributed by atoms with Gasteiger partial charge in [-0.3, -0.25) is 10.4 Å². The van der Waals surface area contributed by atoms with E-state index in [2.05, 4.69) is 37.1 Å². The number of unbranched alkanes of at least 4 members (excludes halogenated alkanes) is 1. The molecule has 1 saturated heterocycles. The van der Waals surface area contributed by atoms with E-state index in [1.165, 1.54) is 0 Å². The Morgan fingerprint density at radius 3 is 2.60 bits per heavy atom. The minimum Gasteiger partial charge on any atom is -0.338 e.